The van der Waals surface area contributed by atoms with Gasteiger partial charge in [-0.3, -0.25) is 9.69 Å². The molecule has 1 aromatic carbocycles. The van der Waals surface area contributed by atoms with Gasteiger partial charge >= 0.3 is 6.18 Å². The van der Waals surface area contributed by atoms with Crippen LogP contribution in [0.4, 0.5) is 18.9 Å². The van der Waals surface area contributed by atoms with E-state index in [2.05, 4.69) is 9.88 Å². The lowest BCUT2D eigenvalue weighted by atomic mass is 10.0. The molecule has 1 N–H and O–H groups in total. The lowest BCUT2D eigenvalue weighted by Gasteiger charge is -2.44. The highest BCUT2D eigenvalue weighted by atomic mass is 19.4. The molecule has 0 radical (unpaired) electrons. The Kier molecular flexibility index (Phi) is 5.54. The first-order valence-electron chi connectivity index (χ1n) is 10.0. The van der Waals surface area contributed by atoms with Crippen molar-refractivity contribution in [1.82, 2.24) is 14.8 Å². The van der Waals surface area contributed by atoms with Crippen LogP contribution < -0.4 is 4.90 Å². The minimum atomic E-state index is -4.32. The number of aromatic nitrogens is 1. The van der Waals surface area contributed by atoms with E-state index in [0.717, 1.165) is 38.5 Å². The topological polar surface area (TPSA) is 42.6 Å². The van der Waals surface area contributed by atoms with Crippen LogP contribution in [0.2, 0.25) is 0 Å². The number of alkyl halides is 3. The van der Waals surface area contributed by atoms with Gasteiger partial charge < -0.3 is 14.8 Å². The quantitative estimate of drug-likeness (QED) is 0.849. The number of halogens is 3. The minimum Gasteiger partial charge on any atom is -0.369 e. The molecule has 156 valence electrons. The Labute approximate surface area is 168 Å². The van der Waals surface area contributed by atoms with E-state index >= 15 is 0 Å². The van der Waals surface area contributed by atoms with Gasteiger partial charge in [0.15, 0.2) is 0 Å². The molecular weight excluding hydrogens is 381 g/mol. The zero-order valence-electron chi connectivity index (χ0n) is 16.2. The fourth-order valence-corrected chi connectivity index (χ4v) is 4.30. The SMILES string of the molecule is O=C(c1ccc[nH]1)N1CCCC(N2CCN(c3cccc(C(F)(F)F)c3)CC2)C1. The highest BCUT2D eigenvalue weighted by Crippen LogP contribution is 2.32. The predicted molar refractivity (Wildman–Crippen MR) is 105 cm³/mol. The van der Waals surface area contributed by atoms with Crippen molar-refractivity contribution in [3.8, 4) is 0 Å². The summed E-state index contributed by atoms with van der Waals surface area (Å²) in [7, 11) is 0. The number of piperidine rings is 1. The molecule has 2 aliphatic heterocycles. The largest absolute Gasteiger partial charge is 0.416 e. The van der Waals surface area contributed by atoms with Gasteiger partial charge in [0.25, 0.3) is 5.91 Å². The first kappa shape index (κ1) is 19.8. The summed E-state index contributed by atoms with van der Waals surface area (Å²) in [6.45, 7) is 4.39. The van der Waals surface area contributed by atoms with E-state index in [1.807, 2.05) is 15.9 Å². The van der Waals surface area contributed by atoms with Crippen LogP contribution in [0, 0.1) is 0 Å². The Morgan fingerprint density at radius 3 is 2.52 bits per heavy atom. The summed E-state index contributed by atoms with van der Waals surface area (Å²) in [6, 6.07) is 9.45. The van der Waals surface area contributed by atoms with Gasteiger partial charge in [-0.15, -0.1) is 0 Å². The molecule has 2 saturated heterocycles. The number of carbonyl (C=O) groups excluding carboxylic acids is 1. The summed E-state index contributed by atoms with van der Waals surface area (Å²) in [5, 5.41) is 0. The Balaban J connectivity index is 1.35. The van der Waals surface area contributed by atoms with Crippen LogP contribution >= 0.6 is 0 Å². The molecule has 4 rings (SSSR count). The molecule has 0 saturated carbocycles. The highest BCUT2D eigenvalue weighted by Gasteiger charge is 2.33. The van der Waals surface area contributed by atoms with Gasteiger partial charge in [-0.25, -0.2) is 0 Å². The van der Waals surface area contributed by atoms with E-state index in [9.17, 15) is 18.0 Å². The van der Waals surface area contributed by atoms with Crippen molar-refractivity contribution in [3.63, 3.8) is 0 Å². The van der Waals surface area contributed by atoms with Crippen molar-refractivity contribution < 1.29 is 18.0 Å². The molecule has 2 aromatic rings. The second-order valence-electron chi connectivity index (χ2n) is 7.70. The number of nitrogens with zero attached hydrogens (tertiary/aromatic N) is 3. The third kappa shape index (κ3) is 4.42. The van der Waals surface area contributed by atoms with Gasteiger partial charge in [0.2, 0.25) is 0 Å². The molecule has 0 bridgehead atoms. The fraction of sp³-hybridized carbons (Fsp3) is 0.476. The van der Waals surface area contributed by atoms with Crippen molar-refractivity contribution in [2.24, 2.45) is 0 Å². The zero-order chi connectivity index (χ0) is 20.4. The average molecular weight is 406 g/mol. The zero-order valence-corrected chi connectivity index (χ0v) is 16.2. The van der Waals surface area contributed by atoms with Gasteiger partial charge in [-0.1, -0.05) is 6.07 Å². The number of likely N-dealkylation sites (tertiary alicyclic amines) is 1. The Morgan fingerprint density at radius 1 is 1.03 bits per heavy atom. The molecule has 1 aromatic heterocycles. The molecule has 2 aliphatic rings. The van der Waals surface area contributed by atoms with Crippen molar-refractivity contribution in [3.05, 3.63) is 53.9 Å². The summed E-state index contributed by atoms with van der Waals surface area (Å²) in [4.78, 5) is 21.9. The fourth-order valence-electron chi connectivity index (χ4n) is 4.30. The van der Waals surface area contributed by atoms with E-state index in [1.54, 1.807) is 18.3 Å². The van der Waals surface area contributed by atoms with E-state index in [4.69, 9.17) is 0 Å². The third-order valence-corrected chi connectivity index (χ3v) is 5.88. The van der Waals surface area contributed by atoms with Crippen molar-refractivity contribution >= 4 is 11.6 Å². The van der Waals surface area contributed by atoms with Crippen molar-refractivity contribution in [1.29, 1.82) is 0 Å². The number of anilines is 1. The number of carbonyl (C=O) groups is 1. The standard InChI is InChI=1S/C21H25F3N4O/c22-21(23,24)16-4-1-5-17(14-16)26-10-12-27(13-11-26)18-6-3-9-28(15-18)20(29)19-7-2-8-25-19/h1-2,4-5,7-8,14,18,25H,3,6,9-13,15H2. The third-order valence-electron chi connectivity index (χ3n) is 5.88. The van der Waals surface area contributed by atoms with Crippen LogP contribution in [0.1, 0.15) is 28.9 Å². The second kappa shape index (κ2) is 8.10. The van der Waals surface area contributed by atoms with Crippen LogP contribution in [0.15, 0.2) is 42.6 Å². The molecular formula is C21H25F3N4O. The van der Waals surface area contributed by atoms with Crippen molar-refractivity contribution in [2.75, 3.05) is 44.2 Å². The number of H-pyrrole nitrogens is 1. The maximum absolute atomic E-state index is 13.0. The van der Waals surface area contributed by atoms with Crippen LogP contribution in [-0.2, 0) is 6.18 Å². The average Bonchev–Trinajstić information content (AvgIpc) is 3.28. The molecule has 0 spiro atoms. The maximum atomic E-state index is 13.0. The Hall–Kier alpha value is -2.48. The van der Waals surface area contributed by atoms with E-state index in [0.29, 0.717) is 37.1 Å². The number of piperazine rings is 1. The van der Waals surface area contributed by atoms with Crippen LogP contribution in [0.3, 0.4) is 0 Å². The van der Waals surface area contributed by atoms with Gasteiger partial charge in [-0.05, 0) is 43.2 Å². The van der Waals surface area contributed by atoms with E-state index < -0.39 is 11.7 Å². The molecule has 5 nitrogen and oxygen atoms in total. The van der Waals surface area contributed by atoms with Crippen LogP contribution in [0.25, 0.3) is 0 Å². The van der Waals surface area contributed by atoms with Gasteiger partial charge in [0.05, 0.1) is 5.56 Å². The smallest absolute Gasteiger partial charge is 0.369 e. The number of hydrogen-bond donors (Lipinski definition) is 1. The first-order valence-corrected chi connectivity index (χ1v) is 10.0. The maximum Gasteiger partial charge on any atom is 0.416 e. The number of aromatic amines is 1. The second-order valence-corrected chi connectivity index (χ2v) is 7.70. The van der Waals surface area contributed by atoms with Gasteiger partial charge in [0, 0.05) is 57.2 Å². The molecule has 1 unspecified atom stereocenters. The summed E-state index contributed by atoms with van der Waals surface area (Å²) in [5.41, 5.74) is 0.620. The number of rotatable bonds is 3. The van der Waals surface area contributed by atoms with Crippen LogP contribution in [-0.4, -0.2) is 66.0 Å². The van der Waals surface area contributed by atoms with Gasteiger partial charge in [0.1, 0.15) is 5.69 Å². The lowest BCUT2D eigenvalue weighted by Crippen LogP contribution is -2.56. The molecule has 29 heavy (non-hydrogen) atoms. The van der Waals surface area contributed by atoms with E-state index in [1.165, 1.54) is 12.1 Å². The molecule has 3 heterocycles. The predicted octanol–water partition coefficient (Wildman–Crippen LogP) is 3.46. The summed E-state index contributed by atoms with van der Waals surface area (Å²) < 4.78 is 38.9. The number of hydrogen-bond acceptors (Lipinski definition) is 3. The number of benzene rings is 1. The number of nitrogens with one attached hydrogen (secondary N) is 1. The number of amides is 1. The first-order chi connectivity index (χ1) is 13.9. The summed E-state index contributed by atoms with van der Waals surface area (Å²) >= 11 is 0. The van der Waals surface area contributed by atoms with Crippen molar-refractivity contribution in [2.45, 2.75) is 25.1 Å². The summed E-state index contributed by atoms with van der Waals surface area (Å²) in [5.74, 6) is 0.0299. The lowest BCUT2D eigenvalue weighted by molar-refractivity contribution is -0.137. The highest BCUT2D eigenvalue weighted by molar-refractivity contribution is 5.92. The van der Waals surface area contributed by atoms with E-state index in [-0.39, 0.29) is 5.91 Å². The van der Waals surface area contributed by atoms with Crippen LogP contribution in [0.5, 0.6) is 0 Å². The monoisotopic (exact) mass is 406 g/mol. The molecule has 1 atom stereocenters. The molecule has 8 heteroatoms. The molecule has 0 aliphatic carbocycles. The van der Waals surface area contributed by atoms with Gasteiger partial charge in [-0.2, -0.15) is 13.2 Å². The minimum absolute atomic E-state index is 0.0299. The summed E-state index contributed by atoms with van der Waals surface area (Å²) in [6.07, 6.45) is -0.570. The Bertz CT molecular complexity index is 829. The molecule has 1 amide bonds. The molecule has 2 fully saturated rings. The normalized spacial score (nSPS) is 21.4. The Morgan fingerprint density at radius 2 is 1.83 bits per heavy atom.